The van der Waals surface area contributed by atoms with E-state index < -0.39 is 10.0 Å². The van der Waals surface area contributed by atoms with Gasteiger partial charge in [0.1, 0.15) is 0 Å². The summed E-state index contributed by atoms with van der Waals surface area (Å²) in [5.41, 5.74) is 1.12. The fraction of sp³-hybridized carbons (Fsp3) is 0.533. The van der Waals surface area contributed by atoms with E-state index >= 15 is 0 Å². The van der Waals surface area contributed by atoms with E-state index in [9.17, 15) is 13.2 Å². The van der Waals surface area contributed by atoms with Gasteiger partial charge in [-0.2, -0.15) is 4.31 Å². The second-order valence-corrected chi connectivity index (χ2v) is 7.57. The van der Waals surface area contributed by atoms with Crippen LogP contribution in [0.3, 0.4) is 0 Å². The summed E-state index contributed by atoms with van der Waals surface area (Å²) >= 11 is 0. The monoisotopic (exact) mass is 308 g/mol. The van der Waals surface area contributed by atoms with Crippen molar-refractivity contribution in [2.45, 2.75) is 49.6 Å². The molecule has 0 aromatic heterocycles. The van der Waals surface area contributed by atoms with Crippen LogP contribution in [0, 0.1) is 0 Å². The maximum absolute atomic E-state index is 12.8. The summed E-state index contributed by atoms with van der Waals surface area (Å²) < 4.78 is 27.1. The van der Waals surface area contributed by atoms with Crippen molar-refractivity contribution in [2.24, 2.45) is 0 Å². The number of fused-ring (bicyclic) bond motifs is 1. The molecule has 2 saturated heterocycles. The maximum atomic E-state index is 12.8. The van der Waals surface area contributed by atoms with Gasteiger partial charge in [-0.25, -0.2) is 8.42 Å². The lowest BCUT2D eigenvalue weighted by atomic mass is 10.00. The van der Waals surface area contributed by atoms with E-state index in [1.165, 1.54) is 0 Å². The quantitative estimate of drug-likeness (QED) is 0.915. The van der Waals surface area contributed by atoms with Gasteiger partial charge in [-0.05, 0) is 37.0 Å². The fourth-order valence-electron chi connectivity index (χ4n) is 3.23. The van der Waals surface area contributed by atoms with Crippen molar-refractivity contribution in [3.8, 4) is 0 Å². The number of nitrogens with zero attached hydrogens (tertiary/aromatic N) is 1. The summed E-state index contributed by atoms with van der Waals surface area (Å²) in [7, 11) is -3.47. The summed E-state index contributed by atoms with van der Waals surface area (Å²) in [4.78, 5) is 11.8. The lowest BCUT2D eigenvalue weighted by Gasteiger charge is -2.31. The Morgan fingerprint density at radius 3 is 2.62 bits per heavy atom. The van der Waals surface area contributed by atoms with Crippen molar-refractivity contribution in [2.75, 3.05) is 6.54 Å². The molecule has 0 saturated carbocycles. The molecule has 5 nitrogen and oxygen atoms in total. The van der Waals surface area contributed by atoms with Gasteiger partial charge in [0.05, 0.1) is 4.90 Å². The SMILES string of the molecule is CCc1ccc(S(=O)(=O)N2CC[C@@H]3NC(=O)CC[C@@H]32)cc1. The highest BCUT2D eigenvalue weighted by atomic mass is 32.2. The molecule has 2 fully saturated rings. The minimum absolute atomic E-state index is 0.0304. The third-order valence-electron chi connectivity index (χ3n) is 4.45. The number of carbonyl (C=O) groups is 1. The number of aryl methyl sites for hydroxylation is 1. The third kappa shape index (κ3) is 2.58. The fourth-order valence-corrected chi connectivity index (χ4v) is 4.93. The number of nitrogens with one attached hydrogen (secondary N) is 1. The summed E-state index contributed by atoms with van der Waals surface area (Å²) in [5, 5.41) is 2.91. The van der Waals surface area contributed by atoms with Gasteiger partial charge in [-0.15, -0.1) is 0 Å². The molecular weight excluding hydrogens is 288 g/mol. The number of benzene rings is 1. The smallest absolute Gasteiger partial charge is 0.243 e. The van der Waals surface area contributed by atoms with Crippen molar-refractivity contribution in [1.82, 2.24) is 9.62 Å². The highest BCUT2D eigenvalue weighted by Crippen LogP contribution is 2.31. The largest absolute Gasteiger partial charge is 0.352 e. The summed E-state index contributed by atoms with van der Waals surface area (Å²) in [6, 6.07) is 6.97. The molecule has 6 heteroatoms. The normalized spacial score (nSPS) is 26.4. The van der Waals surface area contributed by atoms with Crippen LogP contribution in [0.1, 0.15) is 31.7 Å². The molecule has 0 aliphatic carbocycles. The van der Waals surface area contributed by atoms with Gasteiger partial charge in [0.15, 0.2) is 0 Å². The van der Waals surface area contributed by atoms with Crippen LogP contribution in [0.15, 0.2) is 29.2 Å². The van der Waals surface area contributed by atoms with E-state index in [-0.39, 0.29) is 18.0 Å². The number of hydrogen-bond acceptors (Lipinski definition) is 3. The molecule has 1 N–H and O–H groups in total. The number of sulfonamides is 1. The van der Waals surface area contributed by atoms with Crippen molar-refractivity contribution in [3.63, 3.8) is 0 Å². The van der Waals surface area contributed by atoms with Gasteiger partial charge < -0.3 is 5.32 Å². The topological polar surface area (TPSA) is 66.5 Å². The molecule has 1 amide bonds. The number of piperidine rings is 1. The van der Waals surface area contributed by atoms with E-state index in [0.29, 0.717) is 30.7 Å². The highest BCUT2D eigenvalue weighted by molar-refractivity contribution is 7.89. The van der Waals surface area contributed by atoms with Gasteiger partial charge in [-0.1, -0.05) is 19.1 Å². The van der Waals surface area contributed by atoms with Crippen molar-refractivity contribution < 1.29 is 13.2 Å². The number of hydrogen-bond donors (Lipinski definition) is 1. The Kier molecular flexibility index (Phi) is 3.75. The maximum Gasteiger partial charge on any atom is 0.243 e. The van der Waals surface area contributed by atoms with Crippen LogP contribution in [-0.2, 0) is 21.2 Å². The van der Waals surface area contributed by atoms with Crippen LogP contribution >= 0.6 is 0 Å². The van der Waals surface area contributed by atoms with Gasteiger partial charge in [0, 0.05) is 25.0 Å². The molecule has 21 heavy (non-hydrogen) atoms. The minimum atomic E-state index is -3.47. The van der Waals surface area contributed by atoms with Gasteiger partial charge in [-0.3, -0.25) is 4.79 Å². The molecular formula is C15H20N2O3S. The van der Waals surface area contributed by atoms with Crippen LogP contribution in [0.2, 0.25) is 0 Å². The zero-order valence-corrected chi connectivity index (χ0v) is 12.9. The second-order valence-electron chi connectivity index (χ2n) is 5.68. The molecule has 0 radical (unpaired) electrons. The van der Waals surface area contributed by atoms with E-state index in [1.54, 1.807) is 16.4 Å². The number of amides is 1. The molecule has 114 valence electrons. The second kappa shape index (κ2) is 5.42. The standard InChI is InChI=1S/C15H20N2O3S/c1-2-11-3-5-12(6-4-11)21(19,20)17-10-9-13-14(17)7-8-15(18)16-13/h3-6,13-14H,2,7-10H2,1H3,(H,16,18)/t13-,14-/m0/s1. The van der Waals surface area contributed by atoms with E-state index in [2.05, 4.69) is 5.32 Å². The molecule has 3 rings (SSSR count). The Labute approximate surface area is 125 Å². The van der Waals surface area contributed by atoms with Gasteiger partial charge in [0.2, 0.25) is 15.9 Å². The Morgan fingerprint density at radius 2 is 1.95 bits per heavy atom. The van der Waals surface area contributed by atoms with Crippen LogP contribution in [0.5, 0.6) is 0 Å². The molecule has 2 heterocycles. The number of carbonyl (C=O) groups excluding carboxylic acids is 1. The first-order chi connectivity index (χ1) is 10.0. The van der Waals surface area contributed by atoms with Gasteiger partial charge in [0.25, 0.3) is 0 Å². The Morgan fingerprint density at radius 1 is 1.24 bits per heavy atom. The van der Waals surface area contributed by atoms with Crippen molar-refractivity contribution >= 4 is 15.9 Å². The first-order valence-electron chi connectivity index (χ1n) is 7.42. The van der Waals surface area contributed by atoms with Crippen LogP contribution in [0.4, 0.5) is 0 Å². The molecule has 0 unspecified atom stereocenters. The summed E-state index contributed by atoms with van der Waals surface area (Å²) in [5.74, 6) is 0.0304. The van der Waals surface area contributed by atoms with Gasteiger partial charge >= 0.3 is 0 Å². The van der Waals surface area contributed by atoms with Crippen LogP contribution < -0.4 is 5.32 Å². The van der Waals surface area contributed by atoms with Crippen molar-refractivity contribution in [3.05, 3.63) is 29.8 Å². The third-order valence-corrected chi connectivity index (χ3v) is 6.39. The number of rotatable bonds is 3. The average Bonchev–Trinajstić information content (AvgIpc) is 2.91. The Hall–Kier alpha value is -1.40. The lowest BCUT2D eigenvalue weighted by Crippen LogP contribution is -2.50. The molecule has 0 bridgehead atoms. The Balaban J connectivity index is 1.86. The van der Waals surface area contributed by atoms with Crippen LogP contribution in [-0.4, -0.2) is 37.3 Å². The van der Waals surface area contributed by atoms with E-state index in [1.807, 2.05) is 19.1 Å². The molecule has 2 aliphatic rings. The summed E-state index contributed by atoms with van der Waals surface area (Å²) in [6.07, 6.45) is 2.61. The molecule has 1 aromatic carbocycles. The zero-order valence-electron chi connectivity index (χ0n) is 12.1. The first kappa shape index (κ1) is 14.5. The minimum Gasteiger partial charge on any atom is -0.352 e. The average molecular weight is 308 g/mol. The zero-order chi connectivity index (χ0) is 15.0. The first-order valence-corrected chi connectivity index (χ1v) is 8.86. The Bertz CT molecular complexity index is 639. The van der Waals surface area contributed by atoms with Crippen LogP contribution in [0.25, 0.3) is 0 Å². The molecule has 1 aromatic rings. The predicted molar refractivity (Wildman–Crippen MR) is 79.3 cm³/mol. The molecule has 2 aliphatic heterocycles. The highest BCUT2D eigenvalue weighted by Gasteiger charge is 2.44. The summed E-state index contributed by atoms with van der Waals surface area (Å²) in [6.45, 7) is 2.52. The van der Waals surface area contributed by atoms with E-state index in [4.69, 9.17) is 0 Å². The lowest BCUT2D eigenvalue weighted by molar-refractivity contribution is -0.123. The van der Waals surface area contributed by atoms with E-state index in [0.717, 1.165) is 12.0 Å². The van der Waals surface area contributed by atoms with Crippen molar-refractivity contribution in [1.29, 1.82) is 0 Å². The molecule has 2 atom stereocenters. The molecule has 0 spiro atoms. The predicted octanol–water partition coefficient (Wildman–Crippen LogP) is 1.29.